The summed E-state index contributed by atoms with van der Waals surface area (Å²) in [5.74, 6) is 0.590. The lowest BCUT2D eigenvalue weighted by atomic mass is 10.0. The van der Waals surface area contributed by atoms with Crippen molar-refractivity contribution in [1.82, 2.24) is 9.88 Å². The Kier molecular flexibility index (Phi) is 5.98. The highest BCUT2D eigenvalue weighted by molar-refractivity contribution is 5.76. The van der Waals surface area contributed by atoms with Gasteiger partial charge in [0.1, 0.15) is 18.5 Å². The number of carbonyl (C=O) groups is 1. The fraction of sp³-hybridized carbons (Fsp3) is 0.611. The monoisotopic (exact) mass is 346 g/mol. The minimum Gasteiger partial charge on any atom is -0.369 e. The van der Waals surface area contributed by atoms with Crippen molar-refractivity contribution in [1.29, 1.82) is 5.26 Å². The van der Waals surface area contributed by atoms with Gasteiger partial charge in [-0.15, -0.1) is 0 Å². The van der Waals surface area contributed by atoms with Crippen LogP contribution in [0.25, 0.3) is 0 Å². The molecule has 1 aliphatic heterocycles. The van der Waals surface area contributed by atoms with E-state index in [1.165, 1.54) is 4.90 Å². The highest BCUT2D eigenvalue weighted by Gasteiger charge is 2.35. The maximum Gasteiger partial charge on any atom is 0.248 e. The van der Waals surface area contributed by atoms with E-state index in [0.29, 0.717) is 31.1 Å². The summed E-state index contributed by atoms with van der Waals surface area (Å²) in [5, 5.41) is 9.47. The van der Waals surface area contributed by atoms with E-state index in [1.54, 1.807) is 20.3 Å². The summed E-state index contributed by atoms with van der Waals surface area (Å²) in [4.78, 5) is 19.6. The van der Waals surface area contributed by atoms with Crippen LogP contribution >= 0.6 is 0 Å². The van der Waals surface area contributed by atoms with Crippen molar-refractivity contribution < 1.29 is 14.3 Å². The van der Waals surface area contributed by atoms with Gasteiger partial charge in [-0.25, -0.2) is 4.98 Å². The fourth-order valence-corrected chi connectivity index (χ4v) is 2.87. The number of hydrogen-bond donors (Lipinski definition) is 0. The van der Waals surface area contributed by atoms with Gasteiger partial charge >= 0.3 is 0 Å². The molecular weight excluding hydrogens is 320 g/mol. The Hall–Kier alpha value is -2.17. The minimum absolute atomic E-state index is 0.0272. The van der Waals surface area contributed by atoms with Crippen molar-refractivity contribution in [2.24, 2.45) is 0 Å². The molecule has 0 spiro atoms. The van der Waals surface area contributed by atoms with Gasteiger partial charge in [-0.3, -0.25) is 4.79 Å². The molecule has 0 aliphatic carbocycles. The van der Waals surface area contributed by atoms with E-state index in [2.05, 4.69) is 16.0 Å². The molecule has 7 nitrogen and oxygen atoms in total. The van der Waals surface area contributed by atoms with Crippen LogP contribution in [0.4, 0.5) is 5.82 Å². The molecule has 2 heterocycles. The number of likely N-dealkylation sites (N-methyl/N-ethyl adjacent to an activating group) is 1. The largest absolute Gasteiger partial charge is 0.369 e. The molecule has 1 aromatic rings. The third-order valence-corrected chi connectivity index (χ3v) is 4.06. The van der Waals surface area contributed by atoms with Crippen LogP contribution < -0.4 is 4.90 Å². The smallest absolute Gasteiger partial charge is 0.248 e. The van der Waals surface area contributed by atoms with Crippen LogP contribution in [0, 0.1) is 18.3 Å². The molecule has 0 radical (unpaired) electrons. The molecule has 1 fully saturated rings. The molecule has 2 rings (SSSR count). The topological polar surface area (TPSA) is 78.7 Å². The number of nitriles is 1. The highest BCUT2D eigenvalue weighted by Crippen LogP contribution is 2.28. The number of amides is 1. The molecule has 0 saturated carbocycles. The molecule has 1 aliphatic rings. The molecule has 0 N–H and O–H groups in total. The first-order valence-corrected chi connectivity index (χ1v) is 8.30. The second-order valence-corrected chi connectivity index (χ2v) is 7.12. The fourth-order valence-electron chi connectivity index (χ4n) is 2.87. The van der Waals surface area contributed by atoms with Gasteiger partial charge in [-0.05, 0) is 32.4 Å². The lowest BCUT2D eigenvalue weighted by molar-refractivity contribution is -0.139. The average molecular weight is 346 g/mol. The molecule has 1 atom stereocenters. The van der Waals surface area contributed by atoms with E-state index in [4.69, 9.17) is 9.47 Å². The van der Waals surface area contributed by atoms with Crippen molar-refractivity contribution in [3.8, 4) is 6.07 Å². The number of aromatic nitrogens is 1. The number of nitrogens with zero attached hydrogens (tertiary/aromatic N) is 4. The van der Waals surface area contributed by atoms with Crippen LogP contribution in [-0.4, -0.2) is 67.9 Å². The van der Waals surface area contributed by atoms with Gasteiger partial charge in [0, 0.05) is 33.4 Å². The van der Waals surface area contributed by atoms with Gasteiger partial charge in [0.15, 0.2) is 0 Å². The molecule has 7 heteroatoms. The van der Waals surface area contributed by atoms with E-state index in [-0.39, 0.29) is 18.6 Å². The number of anilines is 1. The van der Waals surface area contributed by atoms with Crippen LogP contribution in [0.1, 0.15) is 25.0 Å². The molecule has 136 valence electrons. The molecule has 0 aromatic carbocycles. The van der Waals surface area contributed by atoms with Crippen molar-refractivity contribution in [3.05, 3.63) is 23.4 Å². The van der Waals surface area contributed by atoms with Gasteiger partial charge in [-0.2, -0.15) is 5.26 Å². The molecule has 0 unspecified atom stereocenters. The first-order valence-electron chi connectivity index (χ1n) is 8.30. The second-order valence-electron chi connectivity index (χ2n) is 7.12. The van der Waals surface area contributed by atoms with E-state index in [1.807, 2.05) is 26.8 Å². The molecule has 1 amide bonds. The number of ether oxygens (including phenoxy) is 2. The summed E-state index contributed by atoms with van der Waals surface area (Å²) in [6.07, 6.45) is 1.52. The maximum absolute atomic E-state index is 11.6. The first-order chi connectivity index (χ1) is 11.7. The molecule has 0 bridgehead atoms. The lowest BCUT2D eigenvalue weighted by Gasteiger charge is -2.43. The van der Waals surface area contributed by atoms with Crippen LogP contribution in [-0.2, 0) is 14.3 Å². The number of hydrogen-bond acceptors (Lipinski definition) is 6. The summed E-state index contributed by atoms with van der Waals surface area (Å²) < 4.78 is 11.6. The average Bonchev–Trinajstić information content (AvgIpc) is 2.52. The predicted molar refractivity (Wildman–Crippen MR) is 94.4 cm³/mol. The predicted octanol–water partition coefficient (Wildman–Crippen LogP) is 1.35. The Labute approximate surface area is 149 Å². The quantitative estimate of drug-likeness (QED) is 0.801. The van der Waals surface area contributed by atoms with Crippen molar-refractivity contribution in [2.45, 2.75) is 32.5 Å². The Morgan fingerprint density at radius 2 is 2.28 bits per heavy atom. The second kappa shape index (κ2) is 7.81. The third kappa shape index (κ3) is 4.91. The van der Waals surface area contributed by atoms with E-state index < -0.39 is 5.60 Å². The molecule has 1 aromatic heterocycles. The standard InChI is InChI=1S/C18H26N4O3/c1-13-6-7-20-17(15(13)8-19)22-9-14(25-18(2,3)12-22)10-24-11-16(23)21(4)5/h6-7,14H,9-12H2,1-5H3/t14-/m0/s1. The van der Waals surface area contributed by atoms with Crippen molar-refractivity contribution >= 4 is 11.7 Å². The molecular formula is C18H26N4O3. The zero-order valence-electron chi connectivity index (χ0n) is 15.6. The number of pyridine rings is 1. The number of carbonyl (C=O) groups excluding carboxylic acids is 1. The molecule has 1 saturated heterocycles. The van der Waals surface area contributed by atoms with E-state index >= 15 is 0 Å². The van der Waals surface area contributed by atoms with E-state index in [0.717, 1.165) is 5.56 Å². The minimum atomic E-state index is -0.407. The Bertz CT molecular complexity index is 667. The Morgan fingerprint density at radius 1 is 1.56 bits per heavy atom. The maximum atomic E-state index is 11.6. The van der Waals surface area contributed by atoms with Crippen LogP contribution in [0.15, 0.2) is 12.3 Å². The van der Waals surface area contributed by atoms with Gasteiger partial charge in [-0.1, -0.05) is 0 Å². The Balaban J connectivity index is 2.10. The number of morpholine rings is 1. The van der Waals surface area contributed by atoms with Crippen LogP contribution in [0.2, 0.25) is 0 Å². The van der Waals surface area contributed by atoms with E-state index in [9.17, 15) is 10.1 Å². The lowest BCUT2D eigenvalue weighted by Crippen LogP contribution is -2.54. The first kappa shape index (κ1) is 19.2. The summed E-state index contributed by atoms with van der Waals surface area (Å²) in [6, 6.07) is 4.08. The zero-order valence-corrected chi connectivity index (χ0v) is 15.6. The summed E-state index contributed by atoms with van der Waals surface area (Å²) in [5.41, 5.74) is 1.08. The van der Waals surface area contributed by atoms with Gasteiger partial charge in [0.2, 0.25) is 5.91 Å². The van der Waals surface area contributed by atoms with Crippen LogP contribution in [0.3, 0.4) is 0 Å². The number of aryl methyl sites for hydroxylation is 1. The van der Waals surface area contributed by atoms with Gasteiger partial charge in [0.25, 0.3) is 0 Å². The van der Waals surface area contributed by atoms with Gasteiger partial charge < -0.3 is 19.3 Å². The summed E-state index contributed by atoms with van der Waals surface area (Å²) in [7, 11) is 3.39. The van der Waals surface area contributed by atoms with Gasteiger partial charge in [0.05, 0.1) is 23.9 Å². The SMILES string of the molecule is Cc1ccnc(N2C[C@@H](COCC(=O)N(C)C)OC(C)(C)C2)c1C#N. The number of rotatable bonds is 5. The van der Waals surface area contributed by atoms with Crippen molar-refractivity contribution in [2.75, 3.05) is 45.3 Å². The van der Waals surface area contributed by atoms with Crippen LogP contribution in [0.5, 0.6) is 0 Å². The summed E-state index contributed by atoms with van der Waals surface area (Å²) >= 11 is 0. The molecule has 25 heavy (non-hydrogen) atoms. The Morgan fingerprint density at radius 3 is 2.92 bits per heavy atom. The third-order valence-electron chi connectivity index (χ3n) is 4.06. The highest BCUT2D eigenvalue weighted by atomic mass is 16.5. The zero-order chi connectivity index (χ0) is 18.6. The summed E-state index contributed by atoms with van der Waals surface area (Å²) in [6.45, 7) is 7.43. The van der Waals surface area contributed by atoms with Crippen molar-refractivity contribution in [3.63, 3.8) is 0 Å². The normalized spacial score (nSPS) is 19.4.